The Hall–Kier alpha value is -0.610. The van der Waals surface area contributed by atoms with Gasteiger partial charge in [0.1, 0.15) is 0 Å². The molecule has 0 spiro atoms. The average Bonchev–Trinajstić information content (AvgIpc) is 2.18. The summed E-state index contributed by atoms with van der Waals surface area (Å²) in [4.78, 5) is 0. The predicted octanol–water partition coefficient (Wildman–Crippen LogP) is 1.85. The molecular formula is C11H11N2NaS. The molecule has 15 heavy (non-hydrogen) atoms. The van der Waals surface area contributed by atoms with Crippen molar-refractivity contribution in [2.75, 3.05) is 5.32 Å². The van der Waals surface area contributed by atoms with Crippen molar-refractivity contribution in [3.8, 4) is 0 Å². The van der Waals surface area contributed by atoms with Gasteiger partial charge in [-0.3, -0.25) is 0 Å². The second kappa shape index (κ2) is 5.47. The first kappa shape index (κ1) is 12.5. The van der Waals surface area contributed by atoms with E-state index in [1.54, 1.807) is 0 Å². The summed E-state index contributed by atoms with van der Waals surface area (Å²) in [6, 6.07) is 14.1. The minimum absolute atomic E-state index is 0. The Balaban J connectivity index is 0.00000112. The molecular weight excluding hydrogens is 215 g/mol. The molecule has 0 bridgehead atoms. The number of nitrogens with one attached hydrogen (secondary N) is 1. The van der Waals surface area contributed by atoms with Crippen molar-refractivity contribution in [3.05, 3.63) is 42.5 Å². The SMILES string of the molecule is NC(=S)Nc1cccc2ccccc12.[NaH]. The van der Waals surface area contributed by atoms with Gasteiger partial charge in [0.05, 0.1) is 0 Å². The monoisotopic (exact) mass is 226 g/mol. The number of benzene rings is 2. The normalized spacial score (nSPS) is 9.33. The molecule has 3 N–H and O–H groups in total. The van der Waals surface area contributed by atoms with Gasteiger partial charge in [0.15, 0.2) is 5.11 Å². The Labute approximate surface area is 116 Å². The average molecular weight is 226 g/mol. The molecule has 0 unspecified atom stereocenters. The van der Waals surface area contributed by atoms with Gasteiger partial charge in [-0.25, -0.2) is 0 Å². The summed E-state index contributed by atoms with van der Waals surface area (Å²) in [5, 5.41) is 5.55. The third kappa shape index (κ3) is 2.92. The van der Waals surface area contributed by atoms with Gasteiger partial charge < -0.3 is 11.1 Å². The van der Waals surface area contributed by atoms with Crippen LogP contribution in [-0.4, -0.2) is 34.7 Å². The summed E-state index contributed by atoms with van der Waals surface area (Å²) >= 11 is 4.81. The van der Waals surface area contributed by atoms with Crippen LogP contribution in [0.3, 0.4) is 0 Å². The van der Waals surface area contributed by atoms with E-state index >= 15 is 0 Å². The van der Waals surface area contributed by atoms with Crippen LogP contribution in [0.1, 0.15) is 0 Å². The van der Waals surface area contributed by atoms with Gasteiger partial charge in [-0.1, -0.05) is 36.4 Å². The molecule has 0 amide bonds. The van der Waals surface area contributed by atoms with Crippen molar-refractivity contribution in [2.24, 2.45) is 5.73 Å². The first-order chi connectivity index (χ1) is 6.77. The molecule has 0 fully saturated rings. The fraction of sp³-hybridized carbons (Fsp3) is 0. The summed E-state index contributed by atoms with van der Waals surface area (Å²) in [5.74, 6) is 0. The van der Waals surface area contributed by atoms with Crippen molar-refractivity contribution in [1.82, 2.24) is 0 Å². The van der Waals surface area contributed by atoms with E-state index in [9.17, 15) is 0 Å². The van der Waals surface area contributed by atoms with Crippen LogP contribution in [-0.2, 0) is 0 Å². The van der Waals surface area contributed by atoms with E-state index in [4.69, 9.17) is 18.0 Å². The van der Waals surface area contributed by atoms with Gasteiger partial charge in [0, 0.05) is 11.1 Å². The van der Waals surface area contributed by atoms with Gasteiger partial charge in [-0.05, 0) is 23.7 Å². The van der Waals surface area contributed by atoms with Gasteiger partial charge in [0.2, 0.25) is 0 Å². The molecule has 0 radical (unpaired) electrons. The molecule has 0 aromatic heterocycles. The number of rotatable bonds is 1. The zero-order valence-electron chi connectivity index (χ0n) is 7.53. The van der Waals surface area contributed by atoms with E-state index in [-0.39, 0.29) is 29.6 Å². The van der Waals surface area contributed by atoms with Crippen LogP contribution < -0.4 is 11.1 Å². The van der Waals surface area contributed by atoms with Crippen LogP contribution in [0.4, 0.5) is 5.69 Å². The van der Waals surface area contributed by atoms with Crippen molar-refractivity contribution >= 4 is 63.3 Å². The number of anilines is 1. The number of hydrogen-bond acceptors (Lipinski definition) is 1. The third-order valence-electron chi connectivity index (χ3n) is 2.05. The maximum atomic E-state index is 5.44. The molecule has 72 valence electrons. The van der Waals surface area contributed by atoms with E-state index in [2.05, 4.69) is 17.4 Å². The Kier molecular flexibility index (Phi) is 4.54. The van der Waals surface area contributed by atoms with E-state index in [1.165, 1.54) is 5.39 Å². The molecule has 0 saturated carbocycles. The molecule has 0 saturated heterocycles. The second-order valence-corrected chi connectivity index (χ2v) is 3.46. The molecule has 2 rings (SSSR count). The van der Waals surface area contributed by atoms with Crippen LogP contribution in [0, 0.1) is 0 Å². The summed E-state index contributed by atoms with van der Waals surface area (Å²) < 4.78 is 0. The number of hydrogen-bond donors (Lipinski definition) is 2. The quantitative estimate of drug-likeness (QED) is 0.575. The van der Waals surface area contributed by atoms with Crippen LogP contribution >= 0.6 is 12.2 Å². The zero-order chi connectivity index (χ0) is 9.97. The van der Waals surface area contributed by atoms with Gasteiger partial charge in [0.25, 0.3) is 0 Å². The summed E-state index contributed by atoms with van der Waals surface area (Å²) in [5.41, 5.74) is 6.39. The van der Waals surface area contributed by atoms with Crippen molar-refractivity contribution in [3.63, 3.8) is 0 Å². The van der Waals surface area contributed by atoms with Gasteiger partial charge >= 0.3 is 29.6 Å². The molecule has 2 aromatic carbocycles. The molecule has 0 aliphatic rings. The van der Waals surface area contributed by atoms with Gasteiger partial charge in [-0.2, -0.15) is 0 Å². The van der Waals surface area contributed by atoms with E-state index in [0.717, 1.165) is 11.1 Å². The fourth-order valence-electron chi connectivity index (χ4n) is 1.47. The van der Waals surface area contributed by atoms with E-state index < -0.39 is 0 Å². The molecule has 0 aliphatic heterocycles. The van der Waals surface area contributed by atoms with Gasteiger partial charge in [-0.15, -0.1) is 0 Å². The fourth-order valence-corrected chi connectivity index (χ4v) is 1.58. The first-order valence-electron chi connectivity index (χ1n) is 4.31. The molecule has 0 atom stereocenters. The van der Waals surface area contributed by atoms with E-state index in [1.807, 2.05) is 30.3 Å². The van der Waals surface area contributed by atoms with Crippen molar-refractivity contribution in [1.29, 1.82) is 0 Å². The summed E-state index contributed by atoms with van der Waals surface area (Å²) in [6.07, 6.45) is 0. The Morgan fingerprint density at radius 3 is 2.47 bits per heavy atom. The van der Waals surface area contributed by atoms with Crippen LogP contribution in [0.2, 0.25) is 0 Å². The standard InChI is InChI=1S/C11H10N2S.Na.H/c12-11(14)13-10-7-3-5-8-4-1-2-6-9(8)10;;/h1-7H,(H3,12,13,14);;. The molecule has 0 heterocycles. The first-order valence-corrected chi connectivity index (χ1v) is 4.72. The van der Waals surface area contributed by atoms with Crippen molar-refractivity contribution < 1.29 is 0 Å². The number of nitrogens with two attached hydrogens (primary N) is 1. The van der Waals surface area contributed by atoms with Crippen LogP contribution in [0.25, 0.3) is 10.8 Å². The van der Waals surface area contributed by atoms with E-state index in [0.29, 0.717) is 5.11 Å². The Morgan fingerprint density at radius 1 is 1.07 bits per heavy atom. The summed E-state index contributed by atoms with van der Waals surface area (Å²) in [7, 11) is 0. The Bertz CT molecular complexity index is 479. The number of fused-ring (bicyclic) bond motifs is 1. The third-order valence-corrected chi connectivity index (χ3v) is 2.15. The molecule has 2 nitrogen and oxygen atoms in total. The number of thiocarbonyl (C=S) groups is 1. The maximum absolute atomic E-state index is 5.44. The molecule has 0 aliphatic carbocycles. The molecule has 2 aromatic rings. The van der Waals surface area contributed by atoms with Crippen LogP contribution in [0.5, 0.6) is 0 Å². The minimum atomic E-state index is 0. The summed E-state index contributed by atoms with van der Waals surface area (Å²) in [6.45, 7) is 0. The predicted molar refractivity (Wildman–Crippen MR) is 71.5 cm³/mol. The topological polar surface area (TPSA) is 38.0 Å². The molecule has 4 heteroatoms. The van der Waals surface area contributed by atoms with Crippen LogP contribution in [0.15, 0.2) is 42.5 Å². The Morgan fingerprint density at radius 2 is 1.73 bits per heavy atom. The van der Waals surface area contributed by atoms with Crippen molar-refractivity contribution in [2.45, 2.75) is 0 Å². The zero-order valence-corrected chi connectivity index (χ0v) is 8.34. The second-order valence-electron chi connectivity index (χ2n) is 3.02.